The second-order valence-corrected chi connectivity index (χ2v) is 5.24. The molecule has 2 amide bonds. The van der Waals surface area contributed by atoms with Gasteiger partial charge in [-0.15, -0.1) is 0 Å². The van der Waals surface area contributed by atoms with Crippen LogP contribution >= 0.6 is 0 Å². The molecule has 26 heavy (non-hydrogen) atoms. The van der Waals surface area contributed by atoms with Crippen LogP contribution in [0.5, 0.6) is 0 Å². The molecule has 3 aromatic rings. The minimum absolute atomic E-state index is 0.0353. The molecule has 132 valence electrons. The lowest BCUT2D eigenvalue weighted by molar-refractivity contribution is -0.121. The molecular formula is C17H14FN5O3. The number of rotatable bonds is 5. The summed E-state index contributed by atoms with van der Waals surface area (Å²) in [6, 6.07) is 10.5. The smallest absolute Gasteiger partial charge is 0.288 e. The number of carbonyl (C=O) groups is 2. The van der Waals surface area contributed by atoms with E-state index in [0.717, 1.165) is 0 Å². The highest BCUT2D eigenvalue weighted by molar-refractivity contribution is 5.93. The number of nitrogens with zero attached hydrogens (tertiary/aromatic N) is 3. The largest absolute Gasteiger partial charge is 0.339 e. The molecule has 0 aliphatic heterocycles. The van der Waals surface area contributed by atoms with E-state index in [4.69, 9.17) is 4.52 Å². The van der Waals surface area contributed by atoms with E-state index in [0.29, 0.717) is 11.4 Å². The minimum atomic E-state index is -0.518. The molecule has 0 saturated carbocycles. The number of aromatic nitrogens is 3. The summed E-state index contributed by atoms with van der Waals surface area (Å²) < 4.78 is 18.0. The van der Waals surface area contributed by atoms with Crippen molar-refractivity contribution in [2.45, 2.75) is 12.8 Å². The predicted octanol–water partition coefficient (Wildman–Crippen LogP) is 1.66. The fraction of sp³-hybridized carbons (Fsp3) is 0.118. The van der Waals surface area contributed by atoms with Crippen LogP contribution < -0.4 is 10.9 Å². The highest BCUT2D eigenvalue weighted by Crippen LogP contribution is 2.16. The highest BCUT2D eigenvalue weighted by atomic mass is 19.1. The molecule has 0 unspecified atom stereocenters. The van der Waals surface area contributed by atoms with Crippen molar-refractivity contribution in [2.75, 3.05) is 0 Å². The first-order valence-corrected chi connectivity index (χ1v) is 7.70. The minimum Gasteiger partial charge on any atom is -0.339 e. The second-order valence-electron chi connectivity index (χ2n) is 5.24. The Bertz CT molecular complexity index is 896. The summed E-state index contributed by atoms with van der Waals surface area (Å²) in [5, 5.41) is 3.79. The van der Waals surface area contributed by atoms with Crippen molar-refractivity contribution in [1.82, 2.24) is 26.0 Å². The van der Waals surface area contributed by atoms with E-state index in [1.807, 2.05) is 0 Å². The molecule has 3 rings (SSSR count). The van der Waals surface area contributed by atoms with Gasteiger partial charge in [-0.2, -0.15) is 4.98 Å². The van der Waals surface area contributed by atoms with Crippen molar-refractivity contribution >= 4 is 11.8 Å². The topological polar surface area (TPSA) is 110 Å². The molecule has 0 spiro atoms. The number of hydrogen-bond acceptors (Lipinski definition) is 6. The van der Waals surface area contributed by atoms with Gasteiger partial charge in [0.2, 0.25) is 17.6 Å². The maximum Gasteiger partial charge on any atom is 0.288 e. The van der Waals surface area contributed by atoms with Crippen LogP contribution in [0.1, 0.15) is 22.8 Å². The van der Waals surface area contributed by atoms with E-state index in [9.17, 15) is 14.0 Å². The lowest BCUT2D eigenvalue weighted by Gasteiger charge is -2.05. The van der Waals surface area contributed by atoms with Crippen LogP contribution in [0.4, 0.5) is 4.39 Å². The Morgan fingerprint density at radius 1 is 1.08 bits per heavy atom. The van der Waals surface area contributed by atoms with E-state index in [-0.39, 0.29) is 30.2 Å². The SMILES string of the molecule is O=C(CCc1nc(-c2ccc(F)cc2)no1)NNC(=O)c1ccccn1. The van der Waals surface area contributed by atoms with Gasteiger partial charge >= 0.3 is 0 Å². The van der Waals surface area contributed by atoms with Gasteiger partial charge in [-0.05, 0) is 36.4 Å². The first-order valence-electron chi connectivity index (χ1n) is 7.70. The van der Waals surface area contributed by atoms with Gasteiger partial charge < -0.3 is 4.52 Å². The zero-order valence-corrected chi connectivity index (χ0v) is 13.5. The monoisotopic (exact) mass is 355 g/mol. The average Bonchev–Trinajstić information content (AvgIpc) is 3.14. The van der Waals surface area contributed by atoms with Gasteiger partial charge in [0.05, 0.1) is 0 Å². The van der Waals surface area contributed by atoms with E-state index < -0.39 is 11.8 Å². The van der Waals surface area contributed by atoms with Crippen molar-refractivity contribution in [3.05, 3.63) is 66.1 Å². The molecule has 1 aromatic carbocycles. The molecule has 0 bridgehead atoms. The molecule has 2 aromatic heterocycles. The molecule has 2 N–H and O–H groups in total. The van der Waals surface area contributed by atoms with Crippen LogP contribution in [-0.4, -0.2) is 26.9 Å². The van der Waals surface area contributed by atoms with Crippen molar-refractivity contribution in [3.63, 3.8) is 0 Å². The van der Waals surface area contributed by atoms with Gasteiger partial charge in [0.1, 0.15) is 11.5 Å². The van der Waals surface area contributed by atoms with Crippen molar-refractivity contribution in [1.29, 1.82) is 0 Å². The summed E-state index contributed by atoms with van der Waals surface area (Å²) in [5.74, 6) is -0.729. The van der Waals surface area contributed by atoms with Crippen LogP contribution in [0.2, 0.25) is 0 Å². The number of carbonyl (C=O) groups excluding carboxylic acids is 2. The molecule has 0 radical (unpaired) electrons. The maximum absolute atomic E-state index is 12.9. The van der Waals surface area contributed by atoms with Crippen LogP contribution in [0.25, 0.3) is 11.4 Å². The highest BCUT2D eigenvalue weighted by Gasteiger charge is 2.12. The quantitative estimate of drug-likeness (QED) is 0.674. The Morgan fingerprint density at radius 2 is 1.88 bits per heavy atom. The third-order valence-electron chi connectivity index (χ3n) is 3.35. The Hall–Kier alpha value is -3.62. The Labute approximate surface area is 147 Å². The third-order valence-corrected chi connectivity index (χ3v) is 3.35. The summed E-state index contributed by atoms with van der Waals surface area (Å²) in [4.78, 5) is 31.6. The Kier molecular flexibility index (Phi) is 5.28. The predicted molar refractivity (Wildman–Crippen MR) is 87.9 cm³/mol. The molecule has 0 atom stereocenters. The number of benzene rings is 1. The van der Waals surface area contributed by atoms with Gasteiger partial charge in [-0.3, -0.25) is 25.4 Å². The van der Waals surface area contributed by atoms with Crippen molar-refractivity contribution in [2.24, 2.45) is 0 Å². The molecule has 0 aliphatic rings. The fourth-order valence-electron chi connectivity index (χ4n) is 2.04. The second kappa shape index (κ2) is 7.97. The van der Waals surface area contributed by atoms with Crippen LogP contribution in [0.15, 0.2) is 53.2 Å². The van der Waals surface area contributed by atoms with E-state index in [2.05, 4.69) is 26.0 Å². The number of nitrogens with one attached hydrogen (secondary N) is 2. The van der Waals surface area contributed by atoms with E-state index >= 15 is 0 Å². The number of aryl methyl sites for hydroxylation is 1. The van der Waals surface area contributed by atoms with Crippen molar-refractivity contribution in [3.8, 4) is 11.4 Å². The number of hydrogen-bond donors (Lipinski definition) is 2. The molecule has 0 aliphatic carbocycles. The average molecular weight is 355 g/mol. The van der Waals surface area contributed by atoms with Gasteiger partial charge in [-0.25, -0.2) is 4.39 Å². The Balaban J connectivity index is 1.47. The fourth-order valence-corrected chi connectivity index (χ4v) is 2.04. The van der Waals surface area contributed by atoms with Gasteiger partial charge in [0.25, 0.3) is 5.91 Å². The van der Waals surface area contributed by atoms with Crippen LogP contribution in [0, 0.1) is 5.82 Å². The summed E-state index contributed by atoms with van der Waals surface area (Å²) in [5.41, 5.74) is 5.35. The standard InChI is InChI=1S/C17H14FN5O3/c18-12-6-4-11(5-7-12)16-20-15(26-23-16)9-8-14(24)21-22-17(25)13-3-1-2-10-19-13/h1-7,10H,8-9H2,(H,21,24)(H,22,25). The summed E-state index contributed by atoms with van der Waals surface area (Å²) in [6.07, 6.45) is 1.71. The number of pyridine rings is 1. The first-order chi connectivity index (χ1) is 12.6. The van der Waals surface area contributed by atoms with Crippen molar-refractivity contribution < 1.29 is 18.5 Å². The van der Waals surface area contributed by atoms with Crippen LogP contribution in [-0.2, 0) is 11.2 Å². The van der Waals surface area contributed by atoms with Crippen LogP contribution in [0.3, 0.4) is 0 Å². The molecule has 0 saturated heterocycles. The molecular weight excluding hydrogens is 341 g/mol. The lowest BCUT2D eigenvalue weighted by Crippen LogP contribution is -2.42. The van der Waals surface area contributed by atoms with E-state index in [1.54, 1.807) is 12.1 Å². The summed E-state index contributed by atoms with van der Waals surface area (Å²) >= 11 is 0. The number of halogens is 1. The lowest BCUT2D eigenvalue weighted by atomic mass is 10.2. The van der Waals surface area contributed by atoms with E-state index in [1.165, 1.54) is 36.5 Å². The molecule has 0 fully saturated rings. The first kappa shape index (κ1) is 17.2. The summed E-state index contributed by atoms with van der Waals surface area (Å²) in [7, 11) is 0. The summed E-state index contributed by atoms with van der Waals surface area (Å²) in [6.45, 7) is 0. The third kappa shape index (κ3) is 4.47. The number of amides is 2. The zero-order chi connectivity index (χ0) is 18.4. The molecule has 8 nitrogen and oxygen atoms in total. The molecule has 9 heteroatoms. The Morgan fingerprint density at radius 3 is 2.62 bits per heavy atom. The number of hydrazine groups is 1. The van der Waals surface area contributed by atoms with Gasteiger partial charge in [-0.1, -0.05) is 11.2 Å². The van der Waals surface area contributed by atoms with Gasteiger partial charge in [0.15, 0.2) is 0 Å². The zero-order valence-electron chi connectivity index (χ0n) is 13.5. The molecule has 2 heterocycles. The normalized spacial score (nSPS) is 10.3. The maximum atomic E-state index is 12.9. The van der Waals surface area contributed by atoms with Gasteiger partial charge in [0, 0.05) is 24.6 Å².